The van der Waals surface area contributed by atoms with Gasteiger partial charge in [0, 0.05) is 46.1 Å². The van der Waals surface area contributed by atoms with E-state index in [1.807, 2.05) is 24.7 Å². The summed E-state index contributed by atoms with van der Waals surface area (Å²) in [5.41, 5.74) is 8.09. The van der Waals surface area contributed by atoms with Gasteiger partial charge in [-0.1, -0.05) is 33.4 Å². The Hall–Kier alpha value is -3.93. The number of hydrogen-bond donors (Lipinski definition) is 3. The number of aromatic nitrogens is 5. The predicted molar refractivity (Wildman–Crippen MR) is 131 cm³/mol. The summed E-state index contributed by atoms with van der Waals surface area (Å²) in [5.74, 6) is 0. The van der Waals surface area contributed by atoms with E-state index in [1.54, 1.807) is 6.20 Å². The quantitative estimate of drug-likeness (QED) is 0.301. The molecule has 0 aliphatic heterocycles. The van der Waals surface area contributed by atoms with Crippen molar-refractivity contribution in [1.29, 1.82) is 0 Å². The smallest absolute Gasteiger partial charge is 0.116 e. The van der Waals surface area contributed by atoms with Crippen molar-refractivity contribution in [1.82, 2.24) is 25.1 Å². The maximum absolute atomic E-state index is 4.57. The molecule has 4 heterocycles. The Kier molecular flexibility index (Phi) is 4.78. The topological polar surface area (TPSA) is 82.3 Å². The van der Waals surface area contributed by atoms with Crippen LogP contribution in [0.1, 0.15) is 27.2 Å². The van der Waals surface area contributed by atoms with Crippen LogP contribution in [-0.2, 0) is 0 Å². The van der Waals surface area contributed by atoms with Crippen molar-refractivity contribution in [2.75, 3.05) is 5.32 Å². The lowest BCUT2D eigenvalue weighted by Gasteiger charge is -2.20. The van der Waals surface area contributed by atoms with Crippen molar-refractivity contribution in [3.8, 4) is 22.5 Å². The van der Waals surface area contributed by atoms with Gasteiger partial charge in [-0.05, 0) is 47.7 Å². The summed E-state index contributed by atoms with van der Waals surface area (Å²) in [7, 11) is 0. The van der Waals surface area contributed by atoms with Crippen molar-refractivity contribution in [2.45, 2.75) is 27.2 Å². The third-order valence-corrected chi connectivity index (χ3v) is 5.38. The Morgan fingerprint density at radius 3 is 2.66 bits per heavy atom. The highest BCUT2D eigenvalue weighted by Gasteiger charge is 2.14. The number of nitrogens with one attached hydrogen (secondary N) is 3. The lowest BCUT2D eigenvalue weighted by Crippen LogP contribution is -2.10. The Balaban J connectivity index is 1.49. The SMILES string of the molecule is C=C(CC(C)(C)C)Nc1cncc(-c2ccc3[nH]nc(-c4cc5cnccc5[nH]4)c3c2)c1. The normalized spacial score (nSPS) is 11.8. The summed E-state index contributed by atoms with van der Waals surface area (Å²) in [5, 5.41) is 13.2. The molecule has 160 valence electrons. The van der Waals surface area contributed by atoms with E-state index in [2.05, 4.69) is 88.1 Å². The van der Waals surface area contributed by atoms with Gasteiger partial charge in [0.25, 0.3) is 0 Å². The van der Waals surface area contributed by atoms with Gasteiger partial charge in [0.1, 0.15) is 5.69 Å². The Bertz CT molecular complexity index is 1400. The highest BCUT2D eigenvalue weighted by molar-refractivity contribution is 5.97. The first kappa shape index (κ1) is 20.0. The second-order valence-corrected chi connectivity index (χ2v) is 9.41. The van der Waals surface area contributed by atoms with Gasteiger partial charge in [-0.25, -0.2) is 0 Å². The molecule has 0 aliphatic rings. The van der Waals surface area contributed by atoms with Crippen LogP contribution in [0.15, 0.2) is 73.5 Å². The highest BCUT2D eigenvalue weighted by Crippen LogP contribution is 2.32. The molecule has 32 heavy (non-hydrogen) atoms. The van der Waals surface area contributed by atoms with E-state index in [0.29, 0.717) is 0 Å². The van der Waals surface area contributed by atoms with Gasteiger partial charge in [-0.15, -0.1) is 0 Å². The van der Waals surface area contributed by atoms with Crippen molar-refractivity contribution < 1.29 is 0 Å². The molecule has 5 aromatic rings. The van der Waals surface area contributed by atoms with E-state index in [9.17, 15) is 0 Å². The molecule has 6 heteroatoms. The summed E-state index contributed by atoms with van der Waals surface area (Å²) in [6.07, 6.45) is 8.24. The summed E-state index contributed by atoms with van der Waals surface area (Å²) in [6, 6.07) is 12.5. The molecule has 3 N–H and O–H groups in total. The minimum absolute atomic E-state index is 0.177. The van der Waals surface area contributed by atoms with Gasteiger partial charge in [0.15, 0.2) is 0 Å². The molecule has 4 aromatic heterocycles. The summed E-state index contributed by atoms with van der Waals surface area (Å²) >= 11 is 0. The maximum atomic E-state index is 4.57. The van der Waals surface area contributed by atoms with Crippen molar-refractivity contribution in [3.05, 3.63) is 73.5 Å². The average Bonchev–Trinajstić information content (AvgIpc) is 3.35. The molecule has 0 bridgehead atoms. The van der Waals surface area contributed by atoms with E-state index in [1.165, 1.54) is 0 Å². The van der Waals surface area contributed by atoms with Crippen LogP contribution >= 0.6 is 0 Å². The zero-order valence-corrected chi connectivity index (χ0v) is 18.5. The number of aromatic amines is 2. The number of allylic oxidation sites excluding steroid dienone is 1. The Labute approximate surface area is 186 Å². The molecule has 0 fully saturated rings. The van der Waals surface area contributed by atoms with Crippen molar-refractivity contribution >= 4 is 27.5 Å². The third kappa shape index (κ3) is 3.99. The lowest BCUT2D eigenvalue weighted by molar-refractivity contribution is 0.411. The second-order valence-electron chi connectivity index (χ2n) is 9.41. The number of anilines is 1. The molecule has 0 saturated carbocycles. The number of hydrogen-bond acceptors (Lipinski definition) is 4. The minimum atomic E-state index is 0.177. The summed E-state index contributed by atoms with van der Waals surface area (Å²) in [6.45, 7) is 10.8. The van der Waals surface area contributed by atoms with Crippen molar-refractivity contribution in [2.24, 2.45) is 5.41 Å². The number of H-pyrrole nitrogens is 2. The fourth-order valence-corrected chi connectivity index (χ4v) is 4.05. The van der Waals surface area contributed by atoms with Gasteiger partial charge in [0.05, 0.1) is 23.1 Å². The molecule has 0 atom stereocenters. The molecular weight excluding hydrogens is 396 g/mol. The van der Waals surface area contributed by atoms with Gasteiger partial charge in [-0.3, -0.25) is 15.1 Å². The second kappa shape index (κ2) is 7.64. The molecule has 0 saturated heterocycles. The third-order valence-electron chi connectivity index (χ3n) is 5.38. The Morgan fingerprint density at radius 1 is 0.969 bits per heavy atom. The van der Waals surface area contributed by atoms with Crippen LogP contribution in [0.4, 0.5) is 5.69 Å². The van der Waals surface area contributed by atoms with Crippen LogP contribution in [0.5, 0.6) is 0 Å². The molecule has 0 aliphatic carbocycles. The molecule has 0 amide bonds. The van der Waals surface area contributed by atoms with E-state index >= 15 is 0 Å². The number of rotatable bonds is 5. The first-order chi connectivity index (χ1) is 15.4. The van der Waals surface area contributed by atoms with Gasteiger partial charge in [0.2, 0.25) is 0 Å². The van der Waals surface area contributed by atoms with Gasteiger partial charge >= 0.3 is 0 Å². The van der Waals surface area contributed by atoms with Crippen LogP contribution in [0.25, 0.3) is 44.3 Å². The molecule has 1 aromatic carbocycles. The van der Waals surface area contributed by atoms with Crippen LogP contribution in [-0.4, -0.2) is 25.1 Å². The predicted octanol–water partition coefficient (Wildman–Crippen LogP) is 6.53. The molecule has 5 rings (SSSR count). The van der Waals surface area contributed by atoms with Crippen LogP contribution in [0.2, 0.25) is 0 Å². The molecule has 0 radical (unpaired) electrons. The first-order valence-electron chi connectivity index (χ1n) is 10.7. The zero-order chi connectivity index (χ0) is 22.3. The first-order valence-corrected chi connectivity index (χ1v) is 10.7. The van der Waals surface area contributed by atoms with Gasteiger partial charge in [-0.2, -0.15) is 5.10 Å². The fourth-order valence-electron chi connectivity index (χ4n) is 4.05. The average molecular weight is 423 g/mol. The number of fused-ring (bicyclic) bond motifs is 2. The van der Waals surface area contributed by atoms with Gasteiger partial charge < -0.3 is 10.3 Å². The monoisotopic (exact) mass is 422 g/mol. The maximum Gasteiger partial charge on any atom is 0.116 e. The van der Waals surface area contributed by atoms with Crippen molar-refractivity contribution in [3.63, 3.8) is 0 Å². The Morgan fingerprint density at radius 2 is 1.84 bits per heavy atom. The largest absolute Gasteiger partial charge is 0.358 e. The van der Waals surface area contributed by atoms with E-state index in [-0.39, 0.29) is 5.41 Å². The van der Waals surface area contributed by atoms with Crippen LogP contribution in [0.3, 0.4) is 0 Å². The summed E-state index contributed by atoms with van der Waals surface area (Å²) in [4.78, 5) is 12.1. The summed E-state index contributed by atoms with van der Waals surface area (Å²) < 4.78 is 0. The standard InChI is InChI=1S/C26H26N6/c1-16(12-26(2,3)4)29-20-9-18(13-28-15-20)17-5-6-23-21(10-17)25(32-31-23)24-11-19-14-27-8-7-22(19)30-24/h5-11,13-15,29-30H,1,12H2,2-4H3,(H,31,32). The van der Waals surface area contributed by atoms with Crippen LogP contribution in [0, 0.1) is 5.41 Å². The fraction of sp³-hybridized carbons (Fsp3) is 0.192. The lowest BCUT2D eigenvalue weighted by atomic mass is 9.91. The number of nitrogens with zero attached hydrogens (tertiary/aromatic N) is 3. The molecular formula is C26H26N6. The molecule has 0 spiro atoms. The van der Waals surface area contributed by atoms with E-state index < -0.39 is 0 Å². The minimum Gasteiger partial charge on any atom is -0.358 e. The van der Waals surface area contributed by atoms with E-state index in [0.717, 1.165) is 62.1 Å². The number of benzene rings is 1. The number of pyridine rings is 2. The molecule has 6 nitrogen and oxygen atoms in total. The highest BCUT2D eigenvalue weighted by atomic mass is 15.1. The van der Waals surface area contributed by atoms with E-state index in [4.69, 9.17) is 0 Å². The van der Waals surface area contributed by atoms with Crippen LogP contribution < -0.4 is 5.32 Å². The molecule has 0 unspecified atom stereocenters. The zero-order valence-electron chi connectivity index (χ0n) is 18.5.